The Bertz CT molecular complexity index is 373. The first-order valence-corrected chi connectivity index (χ1v) is 9.59. The van der Waals surface area contributed by atoms with Crippen molar-refractivity contribution in [2.75, 3.05) is 0 Å². The Morgan fingerprint density at radius 2 is 1.35 bits per heavy atom. The molecule has 1 saturated heterocycles. The molecular weight excluding hydrogens is 288 g/mol. The van der Waals surface area contributed by atoms with Crippen LogP contribution < -0.4 is 0 Å². The molecule has 3 nitrogen and oxygen atoms in total. The number of ether oxygens (including phenoxy) is 1. The van der Waals surface area contributed by atoms with Crippen LogP contribution in [0.25, 0.3) is 0 Å². The van der Waals surface area contributed by atoms with Crippen molar-refractivity contribution in [2.45, 2.75) is 90.9 Å². The highest BCUT2D eigenvalue weighted by molar-refractivity contribution is 5.97. The summed E-state index contributed by atoms with van der Waals surface area (Å²) in [5.74, 6) is -1.47. The Balaban J connectivity index is 1.91. The van der Waals surface area contributed by atoms with E-state index >= 15 is 0 Å². The number of carbonyl (C=O) groups excluding carboxylic acids is 2. The Labute approximate surface area is 141 Å². The van der Waals surface area contributed by atoms with E-state index in [1.165, 1.54) is 64.2 Å². The summed E-state index contributed by atoms with van der Waals surface area (Å²) in [7, 11) is 0. The second-order valence-electron chi connectivity index (χ2n) is 6.81. The molecule has 0 spiro atoms. The Hall–Kier alpha value is -1.12. The number of rotatable bonds is 13. The Kier molecular flexibility index (Phi) is 10.7. The highest BCUT2D eigenvalue weighted by Gasteiger charge is 2.39. The monoisotopic (exact) mass is 322 g/mol. The van der Waals surface area contributed by atoms with Crippen molar-refractivity contribution in [1.82, 2.24) is 0 Å². The lowest BCUT2D eigenvalue weighted by Gasteiger charge is -2.03. The summed E-state index contributed by atoms with van der Waals surface area (Å²) >= 11 is 0. The van der Waals surface area contributed by atoms with Gasteiger partial charge in [-0.25, -0.2) is 0 Å². The van der Waals surface area contributed by atoms with Gasteiger partial charge < -0.3 is 4.74 Å². The molecule has 0 saturated carbocycles. The first kappa shape index (κ1) is 19.9. The molecule has 132 valence electrons. The Morgan fingerprint density at radius 1 is 0.826 bits per heavy atom. The van der Waals surface area contributed by atoms with Crippen molar-refractivity contribution in [3.63, 3.8) is 0 Å². The van der Waals surface area contributed by atoms with Gasteiger partial charge in [-0.05, 0) is 12.8 Å². The van der Waals surface area contributed by atoms with Gasteiger partial charge in [0.2, 0.25) is 0 Å². The predicted molar refractivity (Wildman–Crippen MR) is 94.0 cm³/mol. The minimum absolute atomic E-state index is 0.323. The highest BCUT2D eigenvalue weighted by Crippen LogP contribution is 2.24. The molecule has 0 N–H and O–H groups in total. The maximum Gasteiger partial charge on any atom is 0.321 e. The number of hydrogen-bond donors (Lipinski definition) is 0. The molecule has 1 rings (SSSR count). The molecule has 3 heteroatoms. The fraction of sp³-hybridized carbons (Fsp3) is 0.800. The van der Waals surface area contributed by atoms with Gasteiger partial charge >= 0.3 is 11.9 Å². The topological polar surface area (TPSA) is 43.4 Å². The molecule has 0 bridgehead atoms. The van der Waals surface area contributed by atoms with Crippen LogP contribution >= 0.6 is 0 Å². The largest absolute Gasteiger partial charge is 0.392 e. The average molecular weight is 322 g/mol. The third-order valence-corrected chi connectivity index (χ3v) is 4.70. The minimum atomic E-state index is -0.391. The van der Waals surface area contributed by atoms with Crippen LogP contribution in [0.2, 0.25) is 0 Å². The van der Waals surface area contributed by atoms with E-state index in [-0.39, 0.29) is 17.8 Å². The van der Waals surface area contributed by atoms with Crippen LogP contribution in [0.4, 0.5) is 0 Å². The third kappa shape index (κ3) is 8.34. The maximum atomic E-state index is 11.5. The molecule has 1 aliphatic heterocycles. The molecule has 2 unspecified atom stereocenters. The summed E-state index contributed by atoms with van der Waals surface area (Å²) < 4.78 is 4.62. The number of cyclic esters (lactones) is 2. The van der Waals surface area contributed by atoms with Gasteiger partial charge in [-0.1, -0.05) is 90.2 Å². The van der Waals surface area contributed by atoms with Crippen molar-refractivity contribution in [1.29, 1.82) is 0 Å². The van der Waals surface area contributed by atoms with Gasteiger partial charge in [0.1, 0.15) is 0 Å². The van der Waals surface area contributed by atoms with E-state index in [9.17, 15) is 9.59 Å². The number of hydrogen-bond acceptors (Lipinski definition) is 3. The van der Waals surface area contributed by atoms with E-state index in [0.29, 0.717) is 0 Å². The first-order chi connectivity index (χ1) is 11.2. The van der Waals surface area contributed by atoms with Gasteiger partial charge in [0.25, 0.3) is 0 Å². The second kappa shape index (κ2) is 12.3. The molecule has 0 radical (unpaired) electrons. The maximum absolute atomic E-state index is 11.5. The molecule has 0 amide bonds. The molecule has 23 heavy (non-hydrogen) atoms. The summed E-state index contributed by atoms with van der Waals surface area (Å²) in [6.45, 7) is 4.01. The number of esters is 2. The molecule has 2 atom stereocenters. The van der Waals surface area contributed by atoms with E-state index in [1.807, 2.05) is 12.2 Å². The number of allylic oxidation sites excluding steroid dienone is 1. The van der Waals surface area contributed by atoms with Crippen molar-refractivity contribution in [3.05, 3.63) is 12.2 Å². The van der Waals surface area contributed by atoms with Crippen LogP contribution in [0.3, 0.4) is 0 Å². The van der Waals surface area contributed by atoms with Crippen LogP contribution in [0.5, 0.6) is 0 Å². The molecule has 0 aliphatic carbocycles. The summed E-state index contributed by atoms with van der Waals surface area (Å²) in [5.41, 5.74) is 0. The minimum Gasteiger partial charge on any atom is -0.392 e. The highest BCUT2D eigenvalue weighted by atomic mass is 16.6. The SMILES string of the molecule is CCCCCCCCCCCCCC=CC1C(=O)OC(=O)C1C. The van der Waals surface area contributed by atoms with Crippen molar-refractivity contribution in [2.24, 2.45) is 11.8 Å². The van der Waals surface area contributed by atoms with E-state index in [2.05, 4.69) is 11.7 Å². The quantitative estimate of drug-likeness (QED) is 0.192. The summed E-state index contributed by atoms with van der Waals surface area (Å²) in [6.07, 6.45) is 19.6. The summed E-state index contributed by atoms with van der Waals surface area (Å²) in [6, 6.07) is 0. The third-order valence-electron chi connectivity index (χ3n) is 4.70. The van der Waals surface area contributed by atoms with E-state index < -0.39 is 5.97 Å². The van der Waals surface area contributed by atoms with E-state index in [0.717, 1.165) is 12.8 Å². The van der Waals surface area contributed by atoms with Crippen LogP contribution in [-0.4, -0.2) is 11.9 Å². The molecule has 1 fully saturated rings. The lowest BCUT2D eigenvalue weighted by Crippen LogP contribution is -2.11. The van der Waals surface area contributed by atoms with E-state index in [1.54, 1.807) is 6.92 Å². The lowest BCUT2D eigenvalue weighted by atomic mass is 9.96. The van der Waals surface area contributed by atoms with Gasteiger partial charge in [-0.3, -0.25) is 9.59 Å². The second-order valence-corrected chi connectivity index (χ2v) is 6.81. The average Bonchev–Trinajstić information content (AvgIpc) is 2.77. The van der Waals surface area contributed by atoms with Gasteiger partial charge in [0.05, 0.1) is 11.8 Å². The van der Waals surface area contributed by atoms with Gasteiger partial charge in [-0.15, -0.1) is 0 Å². The van der Waals surface area contributed by atoms with E-state index in [4.69, 9.17) is 0 Å². The van der Waals surface area contributed by atoms with Crippen molar-refractivity contribution >= 4 is 11.9 Å². The molecular formula is C20H34O3. The molecule has 1 heterocycles. The molecule has 0 aromatic rings. The predicted octanol–water partition coefficient (Wildman–Crippen LogP) is 5.58. The van der Waals surface area contributed by atoms with Crippen molar-refractivity contribution < 1.29 is 14.3 Å². The summed E-state index contributed by atoms with van der Waals surface area (Å²) in [5, 5.41) is 0. The number of unbranched alkanes of at least 4 members (excludes halogenated alkanes) is 11. The zero-order valence-electron chi connectivity index (χ0n) is 15.0. The van der Waals surface area contributed by atoms with Crippen LogP contribution in [0.15, 0.2) is 12.2 Å². The smallest absolute Gasteiger partial charge is 0.321 e. The Morgan fingerprint density at radius 3 is 1.83 bits per heavy atom. The lowest BCUT2D eigenvalue weighted by molar-refractivity contribution is -0.153. The molecule has 0 aromatic carbocycles. The molecule has 1 aliphatic rings. The summed E-state index contributed by atoms with van der Waals surface area (Å²) in [4.78, 5) is 22.7. The fourth-order valence-corrected chi connectivity index (χ4v) is 3.03. The van der Waals surface area contributed by atoms with Crippen molar-refractivity contribution in [3.8, 4) is 0 Å². The first-order valence-electron chi connectivity index (χ1n) is 9.59. The zero-order valence-corrected chi connectivity index (χ0v) is 15.0. The van der Waals surface area contributed by atoms with Crippen LogP contribution in [0.1, 0.15) is 90.9 Å². The van der Waals surface area contributed by atoms with Crippen LogP contribution in [0, 0.1) is 11.8 Å². The van der Waals surface area contributed by atoms with Gasteiger partial charge in [0, 0.05) is 0 Å². The normalized spacial score (nSPS) is 21.3. The van der Waals surface area contributed by atoms with Gasteiger partial charge in [-0.2, -0.15) is 0 Å². The zero-order chi connectivity index (χ0) is 16.9. The fourth-order valence-electron chi connectivity index (χ4n) is 3.03. The number of carbonyl (C=O) groups is 2. The van der Waals surface area contributed by atoms with Gasteiger partial charge in [0.15, 0.2) is 0 Å². The van der Waals surface area contributed by atoms with Crippen LogP contribution in [-0.2, 0) is 14.3 Å². The standard InChI is InChI=1S/C20H34O3/c1-3-4-5-6-7-8-9-10-11-12-13-14-15-16-18-17(2)19(21)23-20(18)22/h15-18H,3-14H2,1-2H3. The molecule has 0 aromatic heterocycles.